The van der Waals surface area contributed by atoms with E-state index in [1.165, 1.54) is 19.1 Å². The fourth-order valence-electron chi connectivity index (χ4n) is 2.64. The summed E-state index contributed by atoms with van der Waals surface area (Å²) in [5.41, 5.74) is 0.669. The van der Waals surface area contributed by atoms with Crippen LogP contribution in [0.5, 0.6) is 5.75 Å². The molecule has 0 fully saturated rings. The average molecular weight is 348 g/mol. The molecule has 0 aliphatic carbocycles. The fourth-order valence-corrected chi connectivity index (χ4v) is 2.64. The molecular weight excluding hydrogens is 324 g/mol. The number of unbranched alkanes of at least 4 members (excludes halogenated alkanes) is 2. The number of benzene rings is 1. The molecule has 2 aromatic rings. The van der Waals surface area contributed by atoms with Crippen molar-refractivity contribution in [1.29, 1.82) is 0 Å². The van der Waals surface area contributed by atoms with E-state index in [1.807, 2.05) is 0 Å². The third-order valence-electron chi connectivity index (χ3n) is 3.91. The molecule has 0 bridgehead atoms. The Kier molecular flexibility index (Phi) is 6.97. The number of rotatable bonds is 9. The van der Waals surface area contributed by atoms with Crippen molar-refractivity contribution in [3.05, 3.63) is 40.2 Å². The molecule has 7 heteroatoms. The molecule has 1 atom stereocenters. The van der Waals surface area contributed by atoms with Crippen LogP contribution >= 0.6 is 0 Å². The molecule has 25 heavy (non-hydrogen) atoms. The van der Waals surface area contributed by atoms with Crippen LogP contribution in [0.1, 0.15) is 37.9 Å². The molecule has 0 radical (unpaired) electrons. The van der Waals surface area contributed by atoms with Gasteiger partial charge in [0.1, 0.15) is 5.75 Å². The topological polar surface area (TPSA) is 112 Å². The van der Waals surface area contributed by atoms with Crippen LogP contribution < -0.4 is 10.9 Å². The molecule has 0 amide bonds. The predicted octanol–water partition coefficient (Wildman–Crippen LogP) is 1.59. The normalized spacial score (nSPS) is 12.2. The van der Waals surface area contributed by atoms with Crippen molar-refractivity contribution in [1.82, 2.24) is 10.3 Å². The number of H-pyrrole nitrogens is 1. The smallest absolute Gasteiger partial charge is 0.302 e. The molecule has 136 valence electrons. The minimum atomic E-state index is -0.755. The second-order valence-corrected chi connectivity index (χ2v) is 5.91. The molecule has 1 aromatic carbocycles. The lowest BCUT2D eigenvalue weighted by molar-refractivity contribution is -0.141. The van der Waals surface area contributed by atoms with Crippen molar-refractivity contribution in [3.63, 3.8) is 0 Å². The van der Waals surface area contributed by atoms with Gasteiger partial charge in [-0.25, -0.2) is 0 Å². The van der Waals surface area contributed by atoms with E-state index >= 15 is 0 Å². The highest BCUT2D eigenvalue weighted by atomic mass is 16.5. The van der Waals surface area contributed by atoms with Crippen LogP contribution in [-0.2, 0) is 9.53 Å². The van der Waals surface area contributed by atoms with Crippen molar-refractivity contribution in [2.24, 2.45) is 0 Å². The number of aliphatic hydroxyl groups excluding tert-OH is 1. The monoisotopic (exact) mass is 348 g/mol. The van der Waals surface area contributed by atoms with Gasteiger partial charge in [0.05, 0.1) is 18.2 Å². The Morgan fingerprint density at radius 1 is 1.24 bits per heavy atom. The first-order valence-electron chi connectivity index (χ1n) is 8.36. The summed E-state index contributed by atoms with van der Waals surface area (Å²) >= 11 is 0. The van der Waals surface area contributed by atoms with Gasteiger partial charge in [0.25, 0.3) is 0 Å². The number of aromatic amines is 1. The van der Waals surface area contributed by atoms with Crippen LogP contribution in [0, 0.1) is 0 Å². The van der Waals surface area contributed by atoms with Crippen molar-refractivity contribution in [2.75, 3.05) is 19.7 Å². The van der Waals surface area contributed by atoms with E-state index < -0.39 is 6.10 Å². The van der Waals surface area contributed by atoms with Gasteiger partial charge in [-0.05, 0) is 43.5 Å². The summed E-state index contributed by atoms with van der Waals surface area (Å²) in [4.78, 5) is 24.6. The maximum atomic E-state index is 11.4. The third kappa shape index (κ3) is 5.58. The van der Waals surface area contributed by atoms with Crippen LogP contribution in [-0.4, -0.2) is 40.9 Å². The van der Waals surface area contributed by atoms with Crippen molar-refractivity contribution in [3.8, 4) is 5.75 Å². The summed E-state index contributed by atoms with van der Waals surface area (Å²) in [5, 5.41) is 24.0. The number of ether oxygens (including phenoxy) is 1. The predicted molar refractivity (Wildman–Crippen MR) is 94.5 cm³/mol. The van der Waals surface area contributed by atoms with Crippen LogP contribution in [0.15, 0.2) is 29.1 Å². The van der Waals surface area contributed by atoms with Gasteiger partial charge < -0.3 is 25.3 Å². The summed E-state index contributed by atoms with van der Waals surface area (Å²) < 4.78 is 4.86. The summed E-state index contributed by atoms with van der Waals surface area (Å²) in [7, 11) is 0. The van der Waals surface area contributed by atoms with E-state index in [4.69, 9.17) is 4.74 Å². The van der Waals surface area contributed by atoms with Crippen LogP contribution in [0.3, 0.4) is 0 Å². The Hall–Kier alpha value is -2.38. The first-order chi connectivity index (χ1) is 12.0. The molecule has 0 aliphatic rings. The fraction of sp³-hybridized carbons (Fsp3) is 0.444. The number of hydrogen-bond acceptors (Lipinski definition) is 6. The molecule has 2 rings (SSSR count). The van der Waals surface area contributed by atoms with Crippen molar-refractivity contribution in [2.45, 2.75) is 32.3 Å². The second kappa shape index (κ2) is 9.19. The minimum absolute atomic E-state index is 0.0237. The molecule has 7 nitrogen and oxygen atoms in total. The van der Waals surface area contributed by atoms with E-state index in [0.717, 1.165) is 25.8 Å². The van der Waals surface area contributed by atoms with Crippen molar-refractivity contribution < 1.29 is 19.7 Å². The highest BCUT2D eigenvalue weighted by Crippen LogP contribution is 2.28. The van der Waals surface area contributed by atoms with E-state index in [1.54, 1.807) is 12.1 Å². The van der Waals surface area contributed by atoms with E-state index in [9.17, 15) is 19.8 Å². The lowest BCUT2D eigenvalue weighted by Gasteiger charge is -2.15. The maximum absolute atomic E-state index is 11.4. The van der Waals surface area contributed by atoms with Gasteiger partial charge in [-0.1, -0.05) is 6.07 Å². The Morgan fingerprint density at radius 3 is 2.80 bits per heavy atom. The molecule has 1 heterocycles. The first-order valence-corrected chi connectivity index (χ1v) is 8.36. The number of carbonyl (C=O) groups is 1. The Morgan fingerprint density at radius 2 is 2.04 bits per heavy atom. The lowest BCUT2D eigenvalue weighted by Crippen LogP contribution is -2.23. The zero-order valence-electron chi connectivity index (χ0n) is 14.2. The van der Waals surface area contributed by atoms with E-state index in [2.05, 4.69) is 10.3 Å². The number of aromatic hydroxyl groups is 1. The Bertz CT molecular complexity index is 772. The Labute approximate surface area is 145 Å². The number of phenolic OH excluding ortho intramolecular Hbond substituents is 1. The number of fused-ring (bicyclic) bond motifs is 1. The minimum Gasteiger partial charge on any atom is -0.506 e. The molecule has 0 spiro atoms. The number of carbonyl (C=O) groups excluding carboxylic acids is 1. The lowest BCUT2D eigenvalue weighted by atomic mass is 10.0. The van der Waals surface area contributed by atoms with Gasteiger partial charge in [-0.2, -0.15) is 0 Å². The zero-order chi connectivity index (χ0) is 18.2. The number of esters is 1. The Balaban J connectivity index is 1.82. The van der Waals surface area contributed by atoms with Gasteiger partial charge in [0, 0.05) is 24.9 Å². The van der Waals surface area contributed by atoms with E-state index in [-0.39, 0.29) is 17.3 Å². The number of aromatic nitrogens is 1. The maximum Gasteiger partial charge on any atom is 0.302 e. The van der Waals surface area contributed by atoms with Crippen LogP contribution in [0.4, 0.5) is 0 Å². The number of pyridine rings is 1. The summed E-state index contributed by atoms with van der Waals surface area (Å²) in [6.07, 6.45) is 1.91. The van der Waals surface area contributed by atoms with Gasteiger partial charge in [0.15, 0.2) is 0 Å². The average Bonchev–Trinajstić information content (AvgIpc) is 2.57. The largest absolute Gasteiger partial charge is 0.506 e. The second-order valence-electron chi connectivity index (χ2n) is 5.91. The summed E-state index contributed by atoms with van der Waals surface area (Å²) in [6.45, 7) is 2.94. The summed E-state index contributed by atoms with van der Waals surface area (Å²) in [5.74, 6) is -0.284. The quantitative estimate of drug-likeness (QED) is 0.404. The van der Waals surface area contributed by atoms with Crippen LogP contribution in [0.2, 0.25) is 0 Å². The standard InChI is InChI=1S/C18H24N2O5/c1-12(21)25-10-4-2-3-9-19-11-16(23)13-5-7-15(22)18-14(13)6-8-17(24)20-18/h5-8,16,19,22-23H,2-4,9-11H2,1H3,(H,20,24)/t16-/m0/s1. The third-order valence-corrected chi connectivity index (χ3v) is 3.91. The molecule has 0 saturated heterocycles. The highest BCUT2D eigenvalue weighted by Gasteiger charge is 2.13. The molecule has 1 aromatic heterocycles. The van der Waals surface area contributed by atoms with Gasteiger partial charge in [-0.3, -0.25) is 9.59 Å². The van der Waals surface area contributed by atoms with Crippen molar-refractivity contribution >= 4 is 16.9 Å². The van der Waals surface area contributed by atoms with E-state index in [0.29, 0.717) is 29.6 Å². The van der Waals surface area contributed by atoms with Gasteiger partial charge >= 0.3 is 5.97 Å². The summed E-state index contributed by atoms with van der Waals surface area (Å²) in [6, 6.07) is 6.09. The number of nitrogens with one attached hydrogen (secondary N) is 2. The molecule has 4 N–H and O–H groups in total. The zero-order valence-corrected chi connectivity index (χ0v) is 14.2. The SMILES string of the molecule is CC(=O)OCCCCCNC[C@H](O)c1ccc(O)c2[nH]c(=O)ccc12. The number of hydrogen-bond donors (Lipinski definition) is 4. The molecule has 0 aliphatic heterocycles. The first kappa shape index (κ1) is 19.0. The molecule has 0 unspecified atom stereocenters. The van der Waals surface area contributed by atoms with Crippen LogP contribution in [0.25, 0.3) is 10.9 Å². The molecular formula is C18H24N2O5. The van der Waals surface area contributed by atoms with Gasteiger partial charge in [-0.15, -0.1) is 0 Å². The highest BCUT2D eigenvalue weighted by molar-refractivity contribution is 5.87. The number of phenols is 1. The van der Waals surface area contributed by atoms with Gasteiger partial charge in [0.2, 0.25) is 5.56 Å². The molecule has 0 saturated carbocycles. The number of aliphatic hydroxyl groups is 1.